The Morgan fingerprint density at radius 3 is 2.82 bits per heavy atom. The minimum Gasteiger partial charge on any atom is -0.376 e. The van der Waals surface area contributed by atoms with Crippen LogP contribution in [-0.4, -0.2) is 25.3 Å². The number of hydrogen-bond acceptors (Lipinski definition) is 2. The second-order valence-corrected chi connectivity index (χ2v) is 3.63. The zero-order valence-electron chi connectivity index (χ0n) is 7.18. The molecule has 0 bridgehead atoms. The zero-order valence-corrected chi connectivity index (χ0v) is 7.18. The van der Waals surface area contributed by atoms with E-state index in [-0.39, 0.29) is 0 Å². The van der Waals surface area contributed by atoms with Crippen LogP contribution in [0.1, 0.15) is 26.2 Å². The van der Waals surface area contributed by atoms with Crippen molar-refractivity contribution >= 4 is 0 Å². The van der Waals surface area contributed by atoms with Crippen LogP contribution in [0, 0.1) is 5.92 Å². The van der Waals surface area contributed by atoms with Gasteiger partial charge in [-0.1, -0.05) is 6.92 Å². The highest BCUT2D eigenvalue weighted by atomic mass is 16.5. The summed E-state index contributed by atoms with van der Waals surface area (Å²) < 4.78 is 5.68. The van der Waals surface area contributed by atoms with E-state index in [1.807, 2.05) is 0 Å². The van der Waals surface area contributed by atoms with Crippen molar-refractivity contribution in [3.63, 3.8) is 0 Å². The predicted molar refractivity (Wildman–Crippen MR) is 44.5 cm³/mol. The fraction of sp³-hybridized carbons (Fsp3) is 1.00. The minimum absolute atomic E-state index is 0.551. The molecule has 2 rings (SSSR count). The molecule has 0 aromatic heterocycles. The summed E-state index contributed by atoms with van der Waals surface area (Å²) in [6, 6.07) is 0.660. The van der Waals surface area contributed by atoms with E-state index in [1.165, 1.54) is 19.3 Å². The molecule has 0 spiro atoms. The molecule has 0 amide bonds. The first-order chi connectivity index (χ1) is 5.42. The highest BCUT2D eigenvalue weighted by Gasteiger charge is 2.39. The Labute approximate surface area is 68.3 Å². The van der Waals surface area contributed by atoms with E-state index in [0.717, 1.165) is 19.1 Å². The number of rotatable bonds is 3. The van der Waals surface area contributed by atoms with E-state index in [2.05, 4.69) is 12.2 Å². The largest absolute Gasteiger partial charge is 0.376 e. The quantitative estimate of drug-likeness (QED) is 0.660. The standard InChI is InChI=1S/C9H17NO/c1-2-10-8-5-6-11-9(8)7-3-4-7/h7-10H,2-6H2,1H3. The van der Waals surface area contributed by atoms with Gasteiger partial charge >= 0.3 is 0 Å². The molecule has 0 aromatic carbocycles. The van der Waals surface area contributed by atoms with Gasteiger partial charge < -0.3 is 10.1 Å². The highest BCUT2D eigenvalue weighted by molar-refractivity contribution is 4.93. The van der Waals surface area contributed by atoms with Crippen LogP contribution in [0.25, 0.3) is 0 Å². The highest BCUT2D eigenvalue weighted by Crippen LogP contribution is 2.38. The van der Waals surface area contributed by atoms with Gasteiger partial charge in [0.1, 0.15) is 0 Å². The van der Waals surface area contributed by atoms with Gasteiger partial charge in [0.15, 0.2) is 0 Å². The molecular weight excluding hydrogens is 138 g/mol. The van der Waals surface area contributed by atoms with Crippen molar-refractivity contribution in [2.24, 2.45) is 5.92 Å². The maximum atomic E-state index is 5.68. The van der Waals surface area contributed by atoms with Gasteiger partial charge in [-0.15, -0.1) is 0 Å². The predicted octanol–water partition coefficient (Wildman–Crippen LogP) is 1.16. The summed E-state index contributed by atoms with van der Waals surface area (Å²) in [5.41, 5.74) is 0. The monoisotopic (exact) mass is 155 g/mol. The van der Waals surface area contributed by atoms with Crippen LogP contribution in [0.2, 0.25) is 0 Å². The number of hydrogen-bond donors (Lipinski definition) is 1. The maximum Gasteiger partial charge on any atom is 0.0756 e. The Morgan fingerprint density at radius 1 is 1.36 bits per heavy atom. The number of nitrogens with one attached hydrogen (secondary N) is 1. The SMILES string of the molecule is CCNC1CCOC1C1CC1. The Morgan fingerprint density at radius 2 is 2.18 bits per heavy atom. The summed E-state index contributed by atoms with van der Waals surface area (Å²) in [7, 11) is 0. The third-order valence-electron chi connectivity index (χ3n) is 2.69. The van der Waals surface area contributed by atoms with Gasteiger partial charge in [0.05, 0.1) is 6.10 Å². The Balaban J connectivity index is 1.85. The fourth-order valence-electron chi connectivity index (χ4n) is 1.98. The molecule has 2 aliphatic rings. The molecule has 0 radical (unpaired) electrons. The number of ether oxygens (including phenoxy) is 1. The molecule has 1 N–H and O–H groups in total. The van der Waals surface area contributed by atoms with Gasteiger partial charge in [0.2, 0.25) is 0 Å². The Kier molecular flexibility index (Phi) is 2.14. The molecule has 2 heteroatoms. The molecule has 1 heterocycles. The van der Waals surface area contributed by atoms with Crippen molar-refractivity contribution in [2.75, 3.05) is 13.2 Å². The third-order valence-corrected chi connectivity index (χ3v) is 2.69. The lowest BCUT2D eigenvalue weighted by atomic mass is 10.1. The van der Waals surface area contributed by atoms with Crippen LogP contribution >= 0.6 is 0 Å². The molecule has 1 aliphatic carbocycles. The van der Waals surface area contributed by atoms with Crippen molar-refractivity contribution in [2.45, 2.75) is 38.3 Å². The fourth-order valence-corrected chi connectivity index (χ4v) is 1.98. The van der Waals surface area contributed by atoms with Crippen molar-refractivity contribution in [3.8, 4) is 0 Å². The van der Waals surface area contributed by atoms with E-state index in [0.29, 0.717) is 12.1 Å². The van der Waals surface area contributed by atoms with Crippen molar-refractivity contribution in [1.29, 1.82) is 0 Å². The van der Waals surface area contributed by atoms with Crippen LogP contribution in [0.15, 0.2) is 0 Å². The van der Waals surface area contributed by atoms with Gasteiger partial charge in [-0.25, -0.2) is 0 Å². The second-order valence-electron chi connectivity index (χ2n) is 3.63. The van der Waals surface area contributed by atoms with Crippen LogP contribution in [0.3, 0.4) is 0 Å². The van der Waals surface area contributed by atoms with Gasteiger partial charge in [-0.05, 0) is 31.7 Å². The summed E-state index contributed by atoms with van der Waals surface area (Å²) in [6.45, 7) is 4.22. The van der Waals surface area contributed by atoms with Gasteiger partial charge in [-0.3, -0.25) is 0 Å². The zero-order chi connectivity index (χ0) is 7.68. The van der Waals surface area contributed by atoms with Crippen LogP contribution in [-0.2, 0) is 4.74 Å². The van der Waals surface area contributed by atoms with E-state index in [1.54, 1.807) is 0 Å². The molecule has 2 fully saturated rings. The summed E-state index contributed by atoms with van der Waals surface area (Å²) in [5.74, 6) is 0.890. The topological polar surface area (TPSA) is 21.3 Å². The molecule has 1 saturated carbocycles. The van der Waals surface area contributed by atoms with Crippen LogP contribution in [0.5, 0.6) is 0 Å². The van der Waals surface area contributed by atoms with Crippen LogP contribution in [0.4, 0.5) is 0 Å². The van der Waals surface area contributed by atoms with Crippen molar-refractivity contribution < 1.29 is 4.74 Å². The van der Waals surface area contributed by atoms with Crippen LogP contribution < -0.4 is 5.32 Å². The average Bonchev–Trinajstić information content (AvgIpc) is 2.75. The van der Waals surface area contributed by atoms with E-state index < -0.39 is 0 Å². The summed E-state index contributed by atoms with van der Waals surface area (Å²) in [5, 5.41) is 3.49. The molecule has 11 heavy (non-hydrogen) atoms. The van der Waals surface area contributed by atoms with Crippen molar-refractivity contribution in [3.05, 3.63) is 0 Å². The average molecular weight is 155 g/mol. The first-order valence-corrected chi connectivity index (χ1v) is 4.77. The lowest BCUT2D eigenvalue weighted by molar-refractivity contribution is 0.0815. The smallest absolute Gasteiger partial charge is 0.0756 e. The van der Waals surface area contributed by atoms with Gasteiger partial charge in [-0.2, -0.15) is 0 Å². The van der Waals surface area contributed by atoms with E-state index >= 15 is 0 Å². The summed E-state index contributed by atoms with van der Waals surface area (Å²) in [6.07, 6.45) is 4.56. The third kappa shape index (κ3) is 1.57. The lowest BCUT2D eigenvalue weighted by Crippen LogP contribution is -2.37. The molecule has 2 atom stereocenters. The molecular formula is C9H17NO. The van der Waals surface area contributed by atoms with E-state index in [9.17, 15) is 0 Å². The molecule has 64 valence electrons. The molecule has 1 saturated heterocycles. The Bertz CT molecular complexity index is 134. The maximum absolute atomic E-state index is 5.68. The van der Waals surface area contributed by atoms with Gasteiger partial charge in [0.25, 0.3) is 0 Å². The second kappa shape index (κ2) is 3.11. The minimum atomic E-state index is 0.551. The van der Waals surface area contributed by atoms with Crippen molar-refractivity contribution in [1.82, 2.24) is 5.32 Å². The molecule has 0 aromatic rings. The number of likely N-dealkylation sites (N-methyl/N-ethyl adjacent to an activating group) is 1. The molecule has 2 nitrogen and oxygen atoms in total. The molecule has 1 aliphatic heterocycles. The normalized spacial score (nSPS) is 37.9. The first-order valence-electron chi connectivity index (χ1n) is 4.77. The Hall–Kier alpha value is -0.0800. The first kappa shape index (κ1) is 7.56. The lowest BCUT2D eigenvalue weighted by Gasteiger charge is -2.18. The van der Waals surface area contributed by atoms with E-state index in [4.69, 9.17) is 4.74 Å². The summed E-state index contributed by atoms with van der Waals surface area (Å²) in [4.78, 5) is 0. The van der Waals surface area contributed by atoms with Gasteiger partial charge in [0, 0.05) is 12.6 Å². The summed E-state index contributed by atoms with van der Waals surface area (Å²) >= 11 is 0. The molecule has 2 unspecified atom stereocenters.